The van der Waals surface area contributed by atoms with E-state index in [1.165, 1.54) is 12.8 Å². The number of hydrogen-bond acceptors (Lipinski definition) is 3. The molecule has 2 unspecified atom stereocenters. The highest BCUT2D eigenvalue weighted by Gasteiger charge is 2.37. The van der Waals surface area contributed by atoms with Crippen molar-refractivity contribution in [2.24, 2.45) is 0 Å². The molecule has 4 nitrogen and oxygen atoms in total. The molecular weight excluding hydrogens is 296 g/mol. The second-order valence-electron chi connectivity index (χ2n) is 5.01. The van der Waals surface area contributed by atoms with Gasteiger partial charge in [-0.2, -0.15) is 0 Å². The molecular formula is C13H17BrN2O2. The average molecular weight is 313 g/mol. The molecule has 0 saturated carbocycles. The first kappa shape index (κ1) is 12.2. The molecule has 1 amide bonds. The number of hydrogen-bond donors (Lipinski definition) is 1. The maximum Gasteiger partial charge on any atom is 0.289 e. The quantitative estimate of drug-likeness (QED) is 0.912. The molecule has 1 aromatic rings. The molecule has 2 atom stereocenters. The van der Waals surface area contributed by atoms with Crippen LogP contribution in [0.1, 0.15) is 36.2 Å². The van der Waals surface area contributed by atoms with Gasteiger partial charge in [0.25, 0.3) is 5.91 Å². The number of furan rings is 1. The van der Waals surface area contributed by atoms with E-state index >= 15 is 0 Å². The number of rotatable bonds is 2. The maximum atomic E-state index is 12.4. The number of nitrogens with zero attached hydrogens (tertiary/aromatic N) is 1. The van der Waals surface area contributed by atoms with E-state index < -0.39 is 0 Å². The minimum Gasteiger partial charge on any atom is -0.444 e. The molecule has 0 bridgehead atoms. The van der Waals surface area contributed by atoms with Gasteiger partial charge in [-0.15, -0.1) is 0 Å². The zero-order valence-corrected chi connectivity index (χ0v) is 11.8. The third kappa shape index (κ3) is 2.21. The summed E-state index contributed by atoms with van der Waals surface area (Å²) >= 11 is 3.24. The Kier molecular flexibility index (Phi) is 3.43. The number of likely N-dealkylation sites (tertiary alicyclic amines) is 1. The summed E-state index contributed by atoms with van der Waals surface area (Å²) in [6.45, 7) is 1.93. The highest BCUT2D eigenvalue weighted by Crippen LogP contribution is 2.27. The molecule has 1 N–H and O–H groups in total. The van der Waals surface area contributed by atoms with Crippen LogP contribution in [-0.2, 0) is 0 Å². The first-order chi connectivity index (χ1) is 8.75. The van der Waals surface area contributed by atoms with E-state index in [2.05, 4.69) is 21.2 Å². The van der Waals surface area contributed by atoms with Crippen LogP contribution in [0.25, 0.3) is 0 Å². The lowest BCUT2D eigenvalue weighted by Gasteiger charge is -2.28. The van der Waals surface area contributed by atoms with Crippen LogP contribution in [0.5, 0.6) is 0 Å². The van der Waals surface area contributed by atoms with Crippen molar-refractivity contribution in [3.8, 4) is 0 Å². The summed E-state index contributed by atoms with van der Waals surface area (Å²) in [6, 6.07) is 4.31. The summed E-state index contributed by atoms with van der Waals surface area (Å²) in [5.41, 5.74) is 0. The van der Waals surface area contributed by atoms with Crippen LogP contribution in [0.4, 0.5) is 0 Å². The van der Waals surface area contributed by atoms with Gasteiger partial charge < -0.3 is 14.6 Å². The van der Waals surface area contributed by atoms with Crippen molar-refractivity contribution in [2.75, 3.05) is 13.1 Å². The molecule has 2 aliphatic rings. The molecule has 98 valence electrons. The Bertz CT molecular complexity index is 440. The third-order valence-corrected chi connectivity index (χ3v) is 4.33. The molecule has 18 heavy (non-hydrogen) atoms. The minimum absolute atomic E-state index is 0.0249. The minimum atomic E-state index is 0.0249. The van der Waals surface area contributed by atoms with Gasteiger partial charge in [-0.1, -0.05) is 0 Å². The van der Waals surface area contributed by atoms with Crippen molar-refractivity contribution in [1.82, 2.24) is 10.2 Å². The van der Waals surface area contributed by atoms with Crippen molar-refractivity contribution in [2.45, 2.75) is 37.8 Å². The van der Waals surface area contributed by atoms with Crippen molar-refractivity contribution in [1.29, 1.82) is 0 Å². The van der Waals surface area contributed by atoms with Crippen molar-refractivity contribution in [3.05, 3.63) is 22.6 Å². The van der Waals surface area contributed by atoms with Crippen molar-refractivity contribution >= 4 is 21.8 Å². The highest BCUT2D eigenvalue weighted by atomic mass is 79.9. The fourth-order valence-electron chi connectivity index (χ4n) is 3.07. The highest BCUT2D eigenvalue weighted by molar-refractivity contribution is 9.10. The number of carbonyl (C=O) groups excluding carboxylic acids is 1. The van der Waals surface area contributed by atoms with Gasteiger partial charge in [-0.05, 0) is 60.3 Å². The van der Waals surface area contributed by atoms with Gasteiger partial charge in [0.05, 0.1) is 0 Å². The van der Waals surface area contributed by atoms with Gasteiger partial charge in [0, 0.05) is 18.6 Å². The summed E-state index contributed by atoms with van der Waals surface area (Å²) < 4.78 is 5.99. The number of carbonyl (C=O) groups is 1. The molecule has 1 aromatic heterocycles. The van der Waals surface area contributed by atoms with Gasteiger partial charge in [0.15, 0.2) is 10.4 Å². The zero-order chi connectivity index (χ0) is 12.5. The smallest absolute Gasteiger partial charge is 0.289 e. The van der Waals surface area contributed by atoms with E-state index in [1.54, 1.807) is 12.1 Å². The van der Waals surface area contributed by atoms with Crippen LogP contribution in [0.3, 0.4) is 0 Å². The monoisotopic (exact) mass is 312 g/mol. The fourth-order valence-corrected chi connectivity index (χ4v) is 3.38. The molecule has 0 aliphatic carbocycles. The zero-order valence-electron chi connectivity index (χ0n) is 10.2. The summed E-state index contributed by atoms with van der Waals surface area (Å²) in [4.78, 5) is 14.4. The molecule has 0 radical (unpaired) electrons. The van der Waals surface area contributed by atoms with E-state index in [0.717, 1.165) is 25.9 Å². The van der Waals surface area contributed by atoms with Crippen LogP contribution in [0.2, 0.25) is 0 Å². The number of amides is 1. The van der Waals surface area contributed by atoms with Crippen LogP contribution in [-0.4, -0.2) is 36.0 Å². The first-order valence-corrected chi connectivity index (χ1v) is 7.35. The average Bonchev–Trinajstić information content (AvgIpc) is 3.08. The summed E-state index contributed by atoms with van der Waals surface area (Å²) in [5, 5.41) is 3.51. The Morgan fingerprint density at radius 2 is 2.28 bits per heavy atom. The Morgan fingerprint density at radius 1 is 1.39 bits per heavy atom. The van der Waals surface area contributed by atoms with Crippen LogP contribution in [0, 0.1) is 0 Å². The van der Waals surface area contributed by atoms with Crippen LogP contribution < -0.4 is 5.32 Å². The third-order valence-electron chi connectivity index (χ3n) is 3.91. The predicted molar refractivity (Wildman–Crippen MR) is 71.5 cm³/mol. The topological polar surface area (TPSA) is 45.5 Å². The molecule has 2 fully saturated rings. The van der Waals surface area contributed by atoms with Gasteiger partial charge in [-0.3, -0.25) is 4.79 Å². The SMILES string of the molecule is O=C(c1ccc(Br)o1)N1CCCC1C1CCCN1. The lowest BCUT2D eigenvalue weighted by Crippen LogP contribution is -2.46. The molecule has 5 heteroatoms. The first-order valence-electron chi connectivity index (χ1n) is 6.55. The number of nitrogens with one attached hydrogen (secondary N) is 1. The Labute approximate surface area is 115 Å². The second-order valence-corrected chi connectivity index (χ2v) is 5.80. The van der Waals surface area contributed by atoms with Gasteiger partial charge in [0.2, 0.25) is 0 Å². The van der Waals surface area contributed by atoms with E-state index in [9.17, 15) is 4.79 Å². The summed E-state index contributed by atoms with van der Waals surface area (Å²) in [6.07, 6.45) is 4.59. The Morgan fingerprint density at radius 3 is 2.94 bits per heavy atom. The molecule has 3 heterocycles. The maximum absolute atomic E-state index is 12.4. The summed E-state index contributed by atoms with van der Waals surface area (Å²) in [7, 11) is 0. The van der Waals surface area contributed by atoms with E-state index in [0.29, 0.717) is 22.5 Å². The lowest BCUT2D eigenvalue weighted by atomic mass is 10.0. The normalized spacial score (nSPS) is 27.9. The molecule has 0 spiro atoms. The van der Waals surface area contributed by atoms with Gasteiger partial charge in [-0.25, -0.2) is 0 Å². The Hall–Kier alpha value is -0.810. The van der Waals surface area contributed by atoms with Crippen molar-refractivity contribution in [3.63, 3.8) is 0 Å². The van der Waals surface area contributed by atoms with Crippen molar-refractivity contribution < 1.29 is 9.21 Å². The van der Waals surface area contributed by atoms with Gasteiger partial charge in [0.1, 0.15) is 0 Å². The standard InChI is InChI=1S/C13H17BrN2O2/c14-12-6-5-11(18-12)13(17)16-8-2-4-10(16)9-3-1-7-15-9/h5-6,9-10,15H,1-4,7-8H2. The molecule has 2 aliphatic heterocycles. The fraction of sp³-hybridized carbons (Fsp3) is 0.615. The summed E-state index contributed by atoms with van der Waals surface area (Å²) in [5.74, 6) is 0.462. The second kappa shape index (κ2) is 5.05. The van der Waals surface area contributed by atoms with Crippen LogP contribution in [0.15, 0.2) is 21.2 Å². The number of halogens is 1. The predicted octanol–water partition coefficient (Wildman–Crippen LogP) is 2.40. The molecule has 2 saturated heterocycles. The van der Waals surface area contributed by atoms with Crippen LogP contribution >= 0.6 is 15.9 Å². The lowest BCUT2D eigenvalue weighted by molar-refractivity contribution is 0.0677. The molecule has 0 aromatic carbocycles. The Balaban J connectivity index is 1.75. The van der Waals surface area contributed by atoms with E-state index in [-0.39, 0.29) is 5.91 Å². The van der Waals surface area contributed by atoms with E-state index in [4.69, 9.17) is 4.42 Å². The largest absolute Gasteiger partial charge is 0.444 e. The van der Waals surface area contributed by atoms with Gasteiger partial charge >= 0.3 is 0 Å². The molecule has 3 rings (SSSR count). The van der Waals surface area contributed by atoms with E-state index in [1.807, 2.05) is 4.90 Å².